The van der Waals surface area contributed by atoms with E-state index in [0.717, 1.165) is 13.0 Å². The Labute approximate surface area is 109 Å². The third-order valence-electron chi connectivity index (χ3n) is 3.42. The maximum Gasteiger partial charge on any atom is 0.0436 e. The Morgan fingerprint density at radius 2 is 2.38 bits per heavy atom. The molecule has 2 nitrogen and oxygen atoms in total. The monoisotopic (exact) mass is 303 g/mol. The van der Waals surface area contributed by atoms with E-state index in [1.165, 1.54) is 22.2 Å². The van der Waals surface area contributed by atoms with Crippen molar-refractivity contribution in [2.45, 2.75) is 32.2 Å². The zero-order valence-corrected chi connectivity index (χ0v) is 11.9. The normalized spacial score (nSPS) is 19.7. The number of aliphatic hydroxyl groups is 1. The first-order chi connectivity index (χ1) is 7.67. The Hall–Kier alpha value is 0.100. The van der Waals surface area contributed by atoms with Gasteiger partial charge < -0.3 is 10.4 Å². The van der Waals surface area contributed by atoms with Crippen molar-refractivity contribution < 1.29 is 5.11 Å². The summed E-state index contributed by atoms with van der Waals surface area (Å²) in [6.45, 7) is 3.55. The Morgan fingerprint density at radius 1 is 1.62 bits per heavy atom. The highest BCUT2D eigenvalue weighted by Gasteiger charge is 2.41. The smallest absolute Gasteiger partial charge is 0.0436 e. The molecule has 0 amide bonds. The van der Waals surface area contributed by atoms with Gasteiger partial charge >= 0.3 is 0 Å². The topological polar surface area (TPSA) is 32.3 Å². The van der Waals surface area contributed by atoms with Gasteiger partial charge in [-0.05, 0) is 59.0 Å². The quantitative estimate of drug-likeness (QED) is 0.845. The molecular formula is C12H18BrNOS. The lowest BCUT2D eigenvalue weighted by atomic mass is 10.0. The molecule has 0 spiro atoms. The van der Waals surface area contributed by atoms with Crippen molar-refractivity contribution in [3.8, 4) is 0 Å². The maximum absolute atomic E-state index is 9.00. The summed E-state index contributed by atoms with van der Waals surface area (Å²) in [5.74, 6) is 0. The molecule has 2 N–H and O–H groups in total. The SMILES string of the molecule is CC(NCC1(CCO)CC1)c1sccc1Br. The average molecular weight is 304 g/mol. The lowest BCUT2D eigenvalue weighted by molar-refractivity contribution is 0.243. The minimum Gasteiger partial charge on any atom is -0.396 e. The van der Waals surface area contributed by atoms with Gasteiger partial charge in [0.05, 0.1) is 0 Å². The summed E-state index contributed by atoms with van der Waals surface area (Å²) in [5, 5.41) is 14.7. The van der Waals surface area contributed by atoms with Crippen LogP contribution in [0.5, 0.6) is 0 Å². The third kappa shape index (κ3) is 2.86. The van der Waals surface area contributed by atoms with Gasteiger partial charge in [-0.1, -0.05) is 0 Å². The van der Waals surface area contributed by atoms with Crippen molar-refractivity contribution >= 4 is 27.3 Å². The van der Waals surface area contributed by atoms with Crippen molar-refractivity contribution in [2.75, 3.05) is 13.2 Å². The van der Waals surface area contributed by atoms with Crippen LogP contribution in [0.2, 0.25) is 0 Å². The molecule has 4 heteroatoms. The zero-order valence-electron chi connectivity index (χ0n) is 9.50. The second-order valence-electron chi connectivity index (χ2n) is 4.71. The number of thiophene rings is 1. The van der Waals surface area contributed by atoms with Crippen molar-refractivity contribution in [3.05, 3.63) is 20.8 Å². The Balaban J connectivity index is 1.84. The average Bonchev–Trinajstić information content (AvgIpc) is 2.89. The highest BCUT2D eigenvalue weighted by atomic mass is 79.9. The number of nitrogens with one attached hydrogen (secondary N) is 1. The first-order valence-electron chi connectivity index (χ1n) is 5.74. The molecule has 1 heterocycles. The Morgan fingerprint density at radius 3 is 2.88 bits per heavy atom. The Bertz CT molecular complexity index is 349. The summed E-state index contributed by atoms with van der Waals surface area (Å²) in [4.78, 5) is 1.36. The zero-order chi connectivity index (χ0) is 11.6. The highest BCUT2D eigenvalue weighted by molar-refractivity contribution is 9.10. The largest absolute Gasteiger partial charge is 0.396 e. The van der Waals surface area contributed by atoms with E-state index >= 15 is 0 Å². The standard InChI is InChI=1S/C12H18BrNOS/c1-9(11-10(13)2-7-16-11)14-8-12(3-4-12)5-6-15/h2,7,9,14-15H,3-6,8H2,1H3. The van der Waals surface area contributed by atoms with Crippen LogP contribution in [-0.2, 0) is 0 Å². The number of hydrogen-bond acceptors (Lipinski definition) is 3. The van der Waals surface area contributed by atoms with Gasteiger partial charge in [0.2, 0.25) is 0 Å². The second kappa shape index (κ2) is 5.17. The van der Waals surface area contributed by atoms with E-state index < -0.39 is 0 Å². The molecule has 1 fully saturated rings. The number of halogens is 1. The Kier molecular flexibility index (Phi) is 4.06. The van der Waals surface area contributed by atoms with Crippen LogP contribution in [0.3, 0.4) is 0 Å². The number of hydrogen-bond donors (Lipinski definition) is 2. The molecule has 0 radical (unpaired) electrons. The van der Waals surface area contributed by atoms with Crippen LogP contribution in [0.25, 0.3) is 0 Å². The second-order valence-corrected chi connectivity index (χ2v) is 6.51. The summed E-state index contributed by atoms with van der Waals surface area (Å²) in [6, 6.07) is 2.49. The molecule has 90 valence electrons. The molecule has 1 aliphatic carbocycles. The number of rotatable bonds is 6. The van der Waals surface area contributed by atoms with Crippen molar-refractivity contribution in [2.24, 2.45) is 5.41 Å². The van der Waals surface area contributed by atoms with Crippen LogP contribution in [0, 0.1) is 5.41 Å². The predicted molar refractivity (Wildman–Crippen MR) is 71.8 cm³/mol. The molecule has 2 rings (SSSR count). The molecule has 0 aliphatic heterocycles. The highest BCUT2D eigenvalue weighted by Crippen LogP contribution is 2.48. The van der Waals surface area contributed by atoms with Gasteiger partial charge in [-0.15, -0.1) is 11.3 Å². The summed E-state index contributed by atoms with van der Waals surface area (Å²) in [6.07, 6.45) is 3.47. The van der Waals surface area contributed by atoms with Crippen molar-refractivity contribution in [3.63, 3.8) is 0 Å². The fraction of sp³-hybridized carbons (Fsp3) is 0.667. The van der Waals surface area contributed by atoms with Crippen LogP contribution in [0.4, 0.5) is 0 Å². The van der Waals surface area contributed by atoms with Crippen LogP contribution in [0.1, 0.15) is 37.1 Å². The van der Waals surface area contributed by atoms with E-state index in [4.69, 9.17) is 5.11 Å². The van der Waals surface area contributed by atoms with Gasteiger partial charge in [0.25, 0.3) is 0 Å². The van der Waals surface area contributed by atoms with E-state index in [2.05, 4.69) is 39.6 Å². The first-order valence-corrected chi connectivity index (χ1v) is 7.41. The molecule has 0 bridgehead atoms. The molecular weight excluding hydrogens is 286 g/mol. The number of aliphatic hydroxyl groups excluding tert-OH is 1. The van der Waals surface area contributed by atoms with Crippen molar-refractivity contribution in [1.29, 1.82) is 0 Å². The van der Waals surface area contributed by atoms with E-state index in [1.54, 1.807) is 11.3 Å². The van der Waals surface area contributed by atoms with Crippen LogP contribution >= 0.6 is 27.3 Å². The molecule has 0 aromatic carbocycles. The molecule has 0 saturated heterocycles. The summed E-state index contributed by atoms with van der Waals surface area (Å²) >= 11 is 5.35. The summed E-state index contributed by atoms with van der Waals surface area (Å²) < 4.78 is 1.20. The van der Waals surface area contributed by atoms with Gasteiger partial charge in [0.1, 0.15) is 0 Å². The maximum atomic E-state index is 9.00. The fourth-order valence-corrected chi connectivity index (χ4v) is 3.76. The van der Waals surface area contributed by atoms with Gasteiger partial charge in [0, 0.05) is 28.5 Å². The minimum absolute atomic E-state index is 0.318. The molecule has 1 atom stereocenters. The molecule has 1 aliphatic rings. The molecule has 1 unspecified atom stereocenters. The fourth-order valence-electron chi connectivity index (χ4n) is 2.01. The lowest BCUT2D eigenvalue weighted by Crippen LogP contribution is -2.27. The van der Waals surface area contributed by atoms with Crippen molar-refractivity contribution in [1.82, 2.24) is 5.32 Å². The van der Waals surface area contributed by atoms with Gasteiger partial charge in [0.15, 0.2) is 0 Å². The van der Waals surface area contributed by atoms with Gasteiger partial charge in [-0.25, -0.2) is 0 Å². The van der Waals surface area contributed by atoms with Crippen LogP contribution < -0.4 is 5.32 Å². The van der Waals surface area contributed by atoms with Crippen LogP contribution in [0.15, 0.2) is 15.9 Å². The summed E-state index contributed by atoms with van der Waals surface area (Å²) in [7, 11) is 0. The van der Waals surface area contributed by atoms with Gasteiger partial charge in [-0.2, -0.15) is 0 Å². The van der Waals surface area contributed by atoms with E-state index in [-0.39, 0.29) is 0 Å². The van der Waals surface area contributed by atoms with E-state index in [9.17, 15) is 0 Å². The molecule has 16 heavy (non-hydrogen) atoms. The van der Waals surface area contributed by atoms with Gasteiger partial charge in [-0.3, -0.25) is 0 Å². The molecule has 1 saturated carbocycles. The summed E-state index contributed by atoms with van der Waals surface area (Å²) in [5.41, 5.74) is 0.396. The van der Waals surface area contributed by atoms with E-state index in [1.807, 2.05) is 0 Å². The van der Waals surface area contributed by atoms with Crippen LogP contribution in [-0.4, -0.2) is 18.3 Å². The predicted octanol–water partition coefficient (Wildman–Crippen LogP) is 3.32. The molecule has 1 aromatic rings. The third-order valence-corrected chi connectivity index (χ3v) is 5.47. The minimum atomic E-state index is 0.318. The molecule has 1 aromatic heterocycles. The first kappa shape index (κ1) is 12.6. The lowest BCUT2D eigenvalue weighted by Gasteiger charge is -2.19. The van der Waals surface area contributed by atoms with E-state index in [0.29, 0.717) is 18.1 Å².